The van der Waals surface area contributed by atoms with Gasteiger partial charge in [-0.1, -0.05) is 16.5 Å². The smallest absolute Gasteiger partial charge is 0.414 e. The van der Waals surface area contributed by atoms with E-state index in [9.17, 15) is 14.4 Å². The molecule has 1 aliphatic heterocycles. The van der Waals surface area contributed by atoms with Gasteiger partial charge in [-0.3, -0.25) is 19.4 Å². The molecule has 27 heavy (non-hydrogen) atoms. The molecule has 10 heteroatoms. The van der Waals surface area contributed by atoms with Crippen LogP contribution in [0.1, 0.15) is 13.8 Å². The fourth-order valence-electron chi connectivity index (χ4n) is 2.97. The van der Waals surface area contributed by atoms with E-state index in [4.69, 9.17) is 9.57 Å². The quantitative estimate of drug-likeness (QED) is 0.734. The summed E-state index contributed by atoms with van der Waals surface area (Å²) in [5, 5.41) is 3.97. The average molecular weight is 392 g/mol. The zero-order valence-electron chi connectivity index (χ0n) is 15.5. The van der Waals surface area contributed by atoms with E-state index in [2.05, 4.69) is 5.16 Å². The van der Waals surface area contributed by atoms with Crippen LogP contribution in [0.2, 0.25) is 0 Å². The summed E-state index contributed by atoms with van der Waals surface area (Å²) >= 11 is 1.44. The highest BCUT2D eigenvalue weighted by Crippen LogP contribution is 2.27. The zero-order valence-corrected chi connectivity index (χ0v) is 16.3. The fraction of sp³-hybridized carbons (Fsp3) is 0.412. The third-order valence-electron chi connectivity index (χ3n) is 4.29. The molecule has 3 rings (SSSR count). The molecule has 0 aliphatic carbocycles. The van der Waals surface area contributed by atoms with Crippen LogP contribution in [0.15, 0.2) is 23.4 Å². The molecule has 2 heterocycles. The maximum atomic E-state index is 12.3. The summed E-state index contributed by atoms with van der Waals surface area (Å²) in [6.45, 7) is 2.92. The minimum atomic E-state index is -0.570. The summed E-state index contributed by atoms with van der Waals surface area (Å²) in [6, 6.07) is 5.60. The zero-order chi connectivity index (χ0) is 19.7. The molecule has 1 aromatic carbocycles. The Hall–Kier alpha value is -2.88. The molecule has 0 saturated carbocycles. The molecule has 1 saturated heterocycles. The van der Waals surface area contributed by atoms with Crippen molar-refractivity contribution in [3.63, 3.8) is 0 Å². The topological polar surface area (TPSA) is 93.4 Å². The van der Waals surface area contributed by atoms with Gasteiger partial charge in [-0.25, -0.2) is 4.79 Å². The van der Waals surface area contributed by atoms with Gasteiger partial charge >= 0.3 is 6.09 Å². The van der Waals surface area contributed by atoms with Crippen LogP contribution in [0, 0.1) is 0 Å². The van der Waals surface area contributed by atoms with Crippen LogP contribution in [0.25, 0.3) is 10.2 Å². The van der Waals surface area contributed by atoms with Gasteiger partial charge < -0.3 is 14.1 Å². The molecule has 9 nitrogen and oxygen atoms in total. The second-order valence-electron chi connectivity index (χ2n) is 6.13. The lowest BCUT2D eigenvalue weighted by Crippen LogP contribution is -2.40. The van der Waals surface area contributed by atoms with E-state index in [1.165, 1.54) is 37.2 Å². The van der Waals surface area contributed by atoms with Gasteiger partial charge in [0.05, 0.1) is 23.3 Å². The van der Waals surface area contributed by atoms with Gasteiger partial charge in [0.1, 0.15) is 13.2 Å². The van der Waals surface area contributed by atoms with Crippen molar-refractivity contribution in [3.8, 4) is 0 Å². The Morgan fingerprint density at radius 1 is 1.37 bits per heavy atom. The standard InChI is InChI=1S/C17H20N4O5S/c1-10(22)20(11(2)23)8-13-9-21(17(24)26-13)12-5-6-14-15(7-12)27-16(18-25-4)19(14)3/h5-7,13H,8-9H2,1-4H3/t13-/m0/s1. The maximum Gasteiger partial charge on any atom is 0.414 e. The van der Waals surface area contributed by atoms with Crippen molar-refractivity contribution >= 4 is 45.1 Å². The fourth-order valence-corrected chi connectivity index (χ4v) is 4.00. The van der Waals surface area contributed by atoms with E-state index in [-0.39, 0.29) is 24.9 Å². The number of carbonyl (C=O) groups excluding carboxylic acids is 3. The van der Waals surface area contributed by atoms with Crippen molar-refractivity contribution in [3.05, 3.63) is 23.0 Å². The summed E-state index contributed by atoms with van der Waals surface area (Å²) < 4.78 is 8.18. The molecule has 144 valence electrons. The van der Waals surface area contributed by atoms with Crippen molar-refractivity contribution in [2.24, 2.45) is 12.2 Å². The number of hydrogen-bond acceptors (Lipinski definition) is 7. The Morgan fingerprint density at radius 3 is 2.70 bits per heavy atom. The number of nitrogens with zero attached hydrogens (tertiary/aromatic N) is 4. The molecule has 1 fully saturated rings. The molecule has 2 aromatic rings. The van der Waals surface area contributed by atoms with E-state index in [0.717, 1.165) is 15.1 Å². The molecule has 0 unspecified atom stereocenters. The molecule has 1 atom stereocenters. The van der Waals surface area contributed by atoms with Crippen LogP contribution in [0.5, 0.6) is 0 Å². The second kappa shape index (κ2) is 7.39. The summed E-state index contributed by atoms with van der Waals surface area (Å²) in [6.07, 6.45) is -1.08. The predicted octanol–water partition coefficient (Wildman–Crippen LogP) is 1.42. The average Bonchev–Trinajstić information content (AvgIpc) is 3.12. The number of cyclic esters (lactones) is 1. The summed E-state index contributed by atoms with van der Waals surface area (Å²) in [4.78, 5) is 43.5. The van der Waals surface area contributed by atoms with Crippen molar-refractivity contribution in [2.45, 2.75) is 20.0 Å². The van der Waals surface area contributed by atoms with Crippen LogP contribution in [-0.2, 0) is 26.2 Å². The maximum absolute atomic E-state index is 12.3. The van der Waals surface area contributed by atoms with Crippen molar-refractivity contribution in [1.29, 1.82) is 0 Å². The van der Waals surface area contributed by atoms with E-state index in [1.807, 2.05) is 29.8 Å². The highest BCUT2D eigenvalue weighted by molar-refractivity contribution is 7.16. The Bertz CT molecular complexity index is 965. The molecular formula is C17H20N4O5S. The van der Waals surface area contributed by atoms with Gasteiger partial charge in [0.25, 0.3) is 0 Å². The third-order valence-corrected chi connectivity index (χ3v) is 5.37. The Balaban J connectivity index is 1.84. The molecule has 3 amide bonds. The van der Waals surface area contributed by atoms with Crippen LogP contribution < -0.4 is 9.70 Å². The van der Waals surface area contributed by atoms with Crippen LogP contribution in [0.4, 0.5) is 10.5 Å². The number of hydrogen-bond donors (Lipinski definition) is 0. The first-order valence-electron chi connectivity index (χ1n) is 8.25. The van der Waals surface area contributed by atoms with Gasteiger partial charge in [-0.15, -0.1) is 0 Å². The monoisotopic (exact) mass is 392 g/mol. The normalized spacial score (nSPS) is 17.3. The second-order valence-corrected chi connectivity index (χ2v) is 7.14. The number of anilines is 1. The SMILES string of the molecule is CON=c1sc2cc(N3C[C@H](CN(C(C)=O)C(C)=O)OC3=O)ccc2n1C. The highest BCUT2D eigenvalue weighted by Gasteiger charge is 2.35. The lowest BCUT2D eigenvalue weighted by Gasteiger charge is -2.20. The number of rotatable bonds is 4. The van der Waals surface area contributed by atoms with Crippen LogP contribution in [0.3, 0.4) is 0 Å². The van der Waals surface area contributed by atoms with Crippen molar-refractivity contribution < 1.29 is 24.0 Å². The summed E-state index contributed by atoms with van der Waals surface area (Å²) in [5.74, 6) is -0.752. The molecule has 0 N–H and O–H groups in total. The van der Waals surface area contributed by atoms with Gasteiger partial charge in [0.15, 0.2) is 0 Å². The Kier molecular flexibility index (Phi) is 5.17. The first kappa shape index (κ1) is 18.9. The van der Waals surface area contributed by atoms with Crippen LogP contribution >= 0.6 is 11.3 Å². The first-order chi connectivity index (χ1) is 12.8. The number of aryl methyl sites for hydroxylation is 1. The number of fused-ring (bicyclic) bond motifs is 1. The van der Waals surface area contributed by atoms with Gasteiger partial charge in [0, 0.05) is 26.6 Å². The molecular weight excluding hydrogens is 372 g/mol. The first-order valence-corrected chi connectivity index (χ1v) is 9.07. The number of benzene rings is 1. The van der Waals surface area contributed by atoms with E-state index in [1.54, 1.807) is 0 Å². The van der Waals surface area contributed by atoms with Crippen molar-refractivity contribution in [1.82, 2.24) is 9.47 Å². The number of thiazole rings is 1. The molecule has 1 aliphatic rings. The minimum Gasteiger partial charge on any atom is -0.442 e. The Labute approximate surface area is 159 Å². The summed E-state index contributed by atoms with van der Waals surface area (Å²) in [7, 11) is 3.37. The molecule has 0 spiro atoms. The van der Waals surface area contributed by atoms with E-state index < -0.39 is 12.2 Å². The third kappa shape index (κ3) is 3.65. The van der Waals surface area contributed by atoms with Gasteiger partial charge in [-0.05, 0) is 18.2 Å². The van der Waals surface area contributed by atoms with Crippen molar-refractivity contribution in [2.75, 3.05) is 25.1 Å². The highest BCUT2D eigenvalue weighted by atomic mass is 32.1. The lowest BCUT2D eigenvalue weighted by atomic mass is 10.2. The van der Waals surface area contributed by atoms with Crippen LogP contribution in [-0.4, -0.2) is 53.7 Å². The number of amides is 3. The number of imide groups is 1. The van der Waals surface area contributed by atoms with Gasteiger partial charge in [0.2, 0.25) is 16.6 Å². The minimum absolute atomic E-state index is 0.0416. The number of aromatic nitrogens is 1. The number of ether oxygens (including phenoxy) is 1. The molecule has 0 bridgehead atoms. The predicted molar refractivity (Wildman–Crippen MR) is 99.1 cm³/mol. The van der Waals surface area contributed by atoms with E-state index >= 15 is 0 Å². The molecule has 0 radical (unpaired) electrons. The molecule has 1 aromatic heterocycles. The summed E-state index contributed by atoms with van der Waals surface area (Å²) in [5.41, 5.74) is 1.64. The van der Waals surface area contributed by atoms with Gasteiger partial charge in [-0.2, -0.15) is 0 Å². The lowest BCUT2D eigenvalue weighted by molar-refractivity contribution is -0.143. The number of carbonyl (C=O) groups is 3. The largest absolute Gasteiger partial charge is 0.442 e. The van der Waals surface area contributed by atoms with E-state index in [0.29, 0.717) is 10.5 Å². The Morgan fingerprint density at radius 2 is 2.07 bits per heavy atom.